The van der Waals surface area contributed by atoms with Crippen molar-refractivity contribution < 1.29 is 17.9 Å². The molecule has 1 N–H and O–H groups in total. The van der Waals surface area contributed by atoms with Gasteiger partial charge in [0.25, 0.3) is 5.91 Å². The van der Waals surface area contributed by atoms with Crippen molar-refractivity contribution in [2.75, 3.05) is 26.3 Å². The average molecular weight is 485 g/mol. The Labute approximate surface area is 199 Å². The molecule has 0 aromatic heterocycles. The molecule has 3 aromatic rings. The minimum atomic E-state index is -3.76. The summed E-state index contributed by atoms with van der Waals surface area (Å²) in [5.41, 5.74) is 3.04. The van der Waals surface area contributed by atoms with Gasteiger partial charge in [-0.25, -0.2) is 8.42 Å². The van der Waals surface area contributed by atoms with Crippen molar-refractivity contribution in [1.82, 2.24) is 9.62 Å². The molecule has 33 heavy (non-hydrogen) atoms. The SMILES string of the molecule is Cc1ccc([C@H](NC(=O)c2cc(S(=O)(=O)N3CCOCC3)ccc2Cl)c2ccccc2)cc1. The molecule has 0 bridgehead atoms. The van der Waals surface area contributed by atoms with Gasteiger partial charge < -0.3 is 10.1 Å². The Balaban J connectivity index is 1.66. The topological polar surface area (TPSA) is 75.7 Å². The van der Waals surface area contributed by atoms with Crippen molar-refractivity contribution in [2.24, 2.45) is 0 Å². The molecule has 1 fully saturated rings. The van der Waals surface area contributed by atoms with Gasteiger partial charge in [0.1, 0.15) is 0 Å². The number of amides is 1. The number of carbonyl (C=O) groups excluding carboxylic acids is 1. The van der Waals surface area contributed by atoms with Gasteiger partial charge in [0.2, 0.25) is 10.0 Å². The van der Waals surface area contributed by atoms with Crippen LogP contribution in [-0.2, 0) is 14.8 Å². The van der Waals surface area contributed by atoms with Crippen LogP contribution in [0, 0.1) is 6.92 Å². The molecule has 0 radical (unpaired) electrons. The molecule has 172 valence electrons. The molecule has 0 saturated carbocycles. The van der Waals surface area contributed by atoms with Crippen LogP contribution in [0.1, 0.15) is 33.1 Å². The van der Waals surface area contributed by atoms with Gasteiger partial charge in [0.15, 0.2) is 0 Å². The van der Waals surface area contributed by atoms with Gasteiger partial charge in [-0.05, 0) is 36.2 Å². The van der Waals surface area contributed by atoms with Crippen LogP contribution in [0.25, 0.3) is 0 Å². The number of nitrogens with one attached hydrogen (secondary N) is 1. The minimum Gasteiger partial charge on any atom is -0.379 e. The van der Waals surface area contributed by atoms with E-state index >= 15 is 0 Å². The summed E-state index contributed by atoms with van der Waals surface area (Å²) < 4.78 is 32.7. The summed E-state index contributed by atoms with van der Waals surface area (Å²) in [6.07, 6.45) is 0. The molecular weight excluding hydrogens is 460 g/mol. The zero-order chi connectivity index (χ0) is 23.4. The first-order valence-electron chi connectivity index (χ1n) is 10.7. The van der Waals surface area contributed by atoms with Crippen LogP contribution in [0.2, 0.25) is 5.02 Å². The van der Waals surface area contributed by atoms with Crippen molar-refractivity contribution in [3.63, 3.8) is 0 Å². The van der Waals surface area contributed by atoms with E-state index in [0.717, 1.165) is 16.7 Å². The number of hydrogen-bond acceptors (Lipinski definition) is 4. The van der Waals surface area contributed by atoms with Crippen molar-refractivity contribution in [3.8, 4) is 0 Å². The molecule has 1 aliphatic heterocycles. The maximum Gasteiger partial charge on any atom is 0.253 e. The summed E-state index contributed by atoms with van der Waals surface area (Å²) >= 11 is 6.33. The van der Waals surface area contributed by atoms with Gasteiger partial charge in [-0.2, -0.15) is 4.31 Å². The predicted octanol–water partition coefficient (Wildman–Crippen LogP) is 4.19. The normalized spacial score (nSPS) is 15.7. The Kier molecular flexibility index (Phi) is 7.14. The van der Waals surface area contributed by atoms with Gasteiger partial charge >= 0.3 is 0 Å². The third-order valence-electron chi connectivity index (χ3n) is 5.61. The molecule has 3 aromatic carbocycles. The molecule has 0 unspecified atom stereocenters. The molecule has 0 aliphatic carbocycles. The van der Waals surface area contributed by atoms with E-state index in [0.29, 0.717) is 13.2 Å². The molecule has 4 rings (SSSR count). The lowest BCUT2D eigenvalue weighted by Gasteiger charge is -2.26. The maximum absolute atomic E-state index is 13.3. The number of benzene rings is 3. The first-order chi connectivity index (χ1) is 15.9. The summed E-state index contributed by atoms with van der Waals surface area (Å²) in [4.78, 5) is 13.4. The van der Waals surface area contributed by atoms with Crippen LogP contribution in [0.15, 0.2) is 77.7 Å². The largest absolute Gasteiger partial charge is 0.379 e. The highest BCUT2D eigenvalue weighted by Gasteiger charge is 2.28. The Hall–Kier alpha value is -2.71. The summed E-state index contributed by atoms with van der Waals surface area (Å²) in [6, 6.07) is 21.3. The summed E-state index contributed by atoms with van der Waals surface area (Å²) in [5, 5.41) is 3.22. The summed E-state index contributed by atoms with van der Waals surface area (Å²) in [6.45, 7) is 3.23. The van der Waals surface area contributed by atoms with Crippen LogP contribution in [0.3, 0.4) is 0 Å². The van der Waals surface area contributed by atoms with E-state index in [1.165, 1.54) is 22.5 Å². The number of nitrogens with zero attached hydrogens (tertiary/aromatic N) is 1. The quantitative estimate of drug-likeness (QED) is 0.569. The minimum absolute atomic E-state index is 0.0329. The second-order valence-corrected chi connectivity index (χ2v) is 10.2. The number of aryl methyl sites for hydroxylation is 1. The Morgan fingerprint density at radius 2 is 1.61 bits per heavy atom. The third kappa shape index (κ3) is 5.28. The van der Waals surface area contributed by atoms with E-state index < -0.39 is 22.0 Å². The van der Waals surface area contributed by atoms with Crippen LogP contribution in [0.5, 0.6) is 0 Å². The lowest BCUT2D eigenvalue weighted by molar-refractivity contribution is 0.0730. The number of sulfonamides is 1. The monoisotopic (exact) mass is 484 g/mol. The van der Waals surface area contributed by atoms with Crippen molar-refractivity contribution in [2.45, 2.75) is 17.9 Å². The van der Waals surface area contributed by atoms with Gasteiger partial charge in [-0.3, -0.25) is 4.79 Å². The van der Waals surface area contributed by atoms with Gasteiger partial charge in [0, 0.05) is 13.1 Å². The fourth-order valence-electron chi connectivity index (χ4n) is 3.75. The first-order valence-corrected chi connectivity index (χ1v) is 12.5. The number of morpholine rings is 1. The van der Waals surface area contributed by atoms with E-state index in [2.05, 4.69) is 5.32 Å². The molecule has 1 heterocycles. The Bertz CT molecular complexity index is 1230. The van der Waals surface area contributed by atoms with E-state index in [4.69, 9.17) is 16.3 Å². The lowest BCUT2D eigenvalue weighted by Crippen LogP contribution is -2.40. The fourth-order valence-corrected chi connectivity index (χ4v) is 5.39. The van der Waals surface area contributed by atoms with E-state index in [1.54, 1.807) is 0 Å². The standard InChI is InChI=1S/C25H25ClN2O4S/c1-18-7-9-20(10-8-18)24(19-5-3-2-4-6-19)27-25(29)22-17-21(11-12-23(22)26)33(30,31)28-13-15-32-16-14-28/h2-12,17,24H,13-16H2,1H3,(H,27,29)/t24-/m1/s1. The summed E-state index contributed by atoms with van der Waals surface area (Å²) in [5.74, 6) is -0.451. The third-order valence-corrected chi connectivity index (χ3v) is 7.83. The highest BCUT2D eigenvalue weighted by atomic mass is 35.5. The Morgan fingerprint density at radius 1 is 0.970 bits per heavy atom. The highest BCUT2D eigenvalue weighted by molar-refractivity contribution is 7.89. The van der Waals surface area contributed by atoms with Gasteiger partial charge in [-0.1, -0.05) is 71.8 Å². The van der Waals surface area contributed by atoms with Gasteiger partial charge in [-0.15, -0.1) is 0 Å². The molecular formula is C25H25ClN2O4S. The van der Waals surface area contributed by atoms with Crippen molar-refractivity contribution in [3.05, 3.63) is 100 Å². The highest BCUT2D eigenvalue weighted by Crippen LogP contribution is 2.27. The number of hydrogen-bond donors (Lipinski definition) is 1. The smallest absolute Gasteiger partial charge is 0.253 e. The van der Waals surface area contributed by atoms with Gasteiger partial charge in [0.05, 0.1) is 34.7 Å². The number of rotatable bonds is 6. The van der Waals surface area contributed by atoms with E-state index in [9.17, 15) is 13.2 Å². The molecule has 1 atom stereocenters. The van der Waals surface area contributed by atoms with Crippen LogP contribution < -0.4 is 5.32 Å². The van der Waals surface area contributed by atoms with Crippen LogP contribution in [0.4, 0.5) is 0 Å². The number of halogens is 1. The predicted molar refractivity (Wildman–Crippen MR) is 128 cm³/mol. The van der Waals surface area contributed by atoms with Crippen molar-refractivity contribution >= 4 is 27.5 Å². The molecule has 6 nitrogen and oxygen atoms in total. The first kappa shape index (κ1) is 23.4. The number of carbonyl (C=O) groups is 1. The Morgan fingerprint density at radius 3 is 2.27 bits per heavy atom. The summed E-state index contributed by atoms with van der Waals surface area (Å²) in [7, 11) is -3.76. The molecule has 0 spiro atoms. The lowest BCUT2D eigenvalue weighted by atomic mass is 9.97. The van der Waals surface area contributed by atoms with E-state index in [-0.39, 0.29) is 28.6 Å². The zero-order valence-electron chi connectivity index (χ0n) is 18.2. The second kappa shape index (κ2) is 10.1. The maximum atomic E-state index is 13.3. The molecule has 1 amide bonds. The van der Waals surface area contributed by atoms with Crippen LogP contribution >= 0.6 is 11.6 Å². The van der Waals surface area contributed by atoms with Crippen LogP contribution in [-0.4, -0.2) is 44.9 Å². The second-order valence-electron chi connectivity index (χ2n) is 7.89. The molecule has 1 aliphatic rings. The zero-order valence-corrected chi connectivity index (χ0v) is 19.8. The average Bonchev–Trinajstić information content (AvgIpc) is 2.84. The molecule has 1 saturated heterocycles. The fraction of sp³-hybridized carbons (Fsp3) is 0.240. The molecule has 8 heteroatoms. The number of ether oxygens (including phenoxy) is 1. The van der Waals surface area contributed by atoms with Crippen molar-refractivity contribution in [1.29, 1.82) is 0 Å². The van der Waals surface area contributed by atoms with E-state index in [1.807, 2.05) is 61.5 Å².